The monoisotopic (exact) mass is 312 g/mol. The highest BCUT2D eigenvalue weighted by Gasteiger charge is 2.29. The van der Waals surface area contributed by atoms with Gasteiger partial charge in [-0.1, -0.05) is 32.0 Å². The maximum Gasteiger partial charge on any atom is 0.258 e. The third kappa shape index (κ3) is 3.26. The normalized spacial score (nSPS) is 18.2. The third-order valence-electron chi connectivity index (χ3n) is 4.55. The van der Waals surface area contributed by atoms with Crippen molar-refractivity contribution in [3.8, 4) is 17.2 Å². The molecule has 4 rings (SSSR count). The predicted octanol–water partition coefficient (Wildman–Crippen LogP) is 4.70. The van der Waals surface area contributed by atoms with Gasteiger partial charge in [0.2, 0.25) is 0 Å². The first-order valence-electron chi connectivity index (χ1n) is 8.62. The van der Waals surface area contributed by atoms with Crippen molar-refractivity contribution in [2.75, 3.05) is 6.61 Å². The van der Waals surface area contributed by atoms with Gasteiger partial charge >= 0.3 is 0 Å². The van der Waals surface area contributed by atoms with Gasteiger partial charge in [0.05, 0.1) is 6.61 Å². The van der Waals surface area contributed by atoms with Crippen LogP contribution in [-0.4, -0.2) is 16.7 Å². The van der Waals surface area contributed by atoms with Gasteiger partial charge in [-0.3, -0.25) is 0 Å². The molecule has 0 atom stereocenters. The second-order valence-corrected chi connectivity index (χ2v) is 7.95. The summed E-state index contributed by atoms with van der Waals surface area (Å²) in [5.74, 6) is 3.74. The number of rotatable bonds is 5. The van der Waals surface area contributed by atoms with Crippen molar-refractivity contribution in [2.45, 2.75) is 57.8 Å². The molecule has 0 saturated heterocycles. The summed E-state index contributed by atoms with van der Waals surface area (Å²) in [6.45, 7) is 7.09. The fourth-order valence-corrected chi connectivity index (χ4v) is 2.66. The Labute approximate surface area is 137 Å². The molecule has 4 nitrogen and oxygen atoms in total. The quantitative estimate of drug-likeness (QED) is 0.803. The molecule has 0 spiro atoms. The van der Waals surface area contributed by atoms with Gasteiger partial charge in [0.1, 0.15) is 5.75 Å². The van der Waals surface area contributed by atoms with E-state index < -0.39 is 0 Å². The van der Waals surface area contributed by atoms with Crippen molar-refractivity contribution in [2.24, 2.45) is 5.92 Å². The number of aromatic nitrogens is 2. The van der Waals surface area contributed by atoms with Crippen molar-refractivity contribution in [1.29, 1.82) is 0 Å². The van der Waals surface area contributed by atoms with Crippen LogP contribution < -0.4 is 4.74 Å². The standard InChI is InChI=1S/C19H24N2O2/c1-19(2,3)18-20-17(23-21-18)14-8-9-15(13-6-7-13)16(10-14)22-11-12-4-5-12/h8-10,12-13H,4-7,11H2,1-3H3. The molecule has 0 unspecified atom stereocenters. The number of benzene rings is 1. The zero-order chi connectivity index (χ0) is 16.0. The van der Waals surface area contributed by atoms with E-state index in [-0.39, 0.29) is 5.41 Å². The van der Waals surface area contributed by atoms with E-state index in [9.17, 15) is 0 Å². The molecule has 122 valence electrons. The summed E-state index contributed by atoms with van der Waals surface area (Å²) < 4.78 is 11.6. The molecule has 2 aliphatic rings. The Balaban J connectivity index is 1.62. The summed E-state index contributed by atoms with van der Waals surface area (Å²) in [6, 6.07) is 6.34. The van der Waals surface area contributed by atoms with E-state index in [1.807, 2.05) is 0 Å². The van der Waals surface area contributed by atoms with E-state index in [1.54, 1.807) is 0 Å². The van der Waals surface area contributed by atoms with Gasteiger partial charge < -0.3 is 9.26 Å². The van der Waals surface area contributed by atoms with Crippen LogP contribution in [0.4, 0.5) is 0 Å². The maximum absolute atomic E-state index is 6.11. The number of hydrogen-bond donors (Lipinski definition) is 0. The molecule has 4 heteroatoms. The largest absolute Gasteiger partial charge is 0.493 e. The maximum atomic E-state index is 6.11. The average molecular weight is 312 g/mol. The third-order valence-corrected chi connectivity index (χ3v) is 4.55. The zero-order valence-corrected chi connectivity index (χ0v) is 14.1. The van der Waals surface area contributed by atoms with Gasteiger partial charge in [0.15, 0.2) is 5.82 Å². The molecule has 2 aromatic rings. The summed E-state index contributed by atoms with van der Waals surface area (Å²) >= 11 is 0. The first kappa shape index (κ1) is 14.7. The molecule has 1 aromatic heterocycles. The SMILES string of the molecule is CC(C)(C)c1noc(-c2ccc(C3CC3)c(OCC3CC3)c2)n1. The number of ether oxygens (including phenoxy) is 1. The minimum Gasteiger partial charge on any atom is -0.493 e. The molecular formula is C19H24N2O2. The Morgan fingerprint density at radius 3 is 2.57 bits per heavy atom. The van der Waals surface area contributed by atoms with Crippen LogP contribution in [-0.2, 0) is 5.41 Å². The van der Waals surface area contributed by atoms with E-state index in [2.05, 4.69) is 49.1 Å². The summed E-state index contributed by atoms with van der Waals surface area (Å²) in [4.78, 5) is 4.56. The molecule has 2 aliphatic carbocycles. The molecule has 0 radical (unpaired) electrons. The van der Waals surface area contributed by atoms with Crippen LogP contribution in [0.5, 0.6) is 5.75 Å². The lowest BCUT2D eigenvalue weighted by atomic mass is 9.96. The fraction of sp³-hybridized carbons (Fsp3) is 0.579. The smallest absolute Gasteiger partial charge is 0.258 e. The van der Waals surface area contributed by atoms with E-state index >= 15 is 0 Å². The lowest BCUT2D eigenvalue weighted by molar-refractivity contribution is 0.297. The van der Waals surface area contributed by atoms with E-state index in [1.165, 1.54) is 31.2 Å². The number of hydrogen-bond acceptors (Lipinski definition) is 4. The molecule has 2 saturated carbocycles. The molecule has 0 aliphatic heterocycles. The Hall–Kier alpha value is -1.84. The van der Waals surface area contributed by atoms with Crippen molar-refractivity contribution >= 4 is 0 Å². The Kier molecular flexibility index (Phi) is 3.43. The highest BCUT2D eigenvalue weighted by molar-refractivity contribution is 5.59. The van der Waals surface area contributed by atoms with Crippen LogP contribution in [0.1, 0.15) is 63.8 Å². The molecule has 1 heterocycles. The van der Waals surface area contributed by atoms with E-state index in [4.69, 9.17) is 9.26 Å². The van der Waals surface area contributed by atoms with Gasteiger partial charge in [0, 0.05) is 11.0 Å². The summed E-state index contributed by atoms with van der Waals surface area (Å²) in [5.41, 5.74) is 2.18. The first-order chi connectivity index (χ1) is 11.0. The lowest BCUT2D eigenvalue weighted by Crippen LogP contribution is -2.13. The highest BCUT2D eigenvalue weighted by Crippen LogP contribution is 2.45. The first-order valence-corrected chi connectivity index (χ1v) is 8.62. The Morgan fingerprint density at radius 2 is 1.96 bits per heavy atom. The molecule has 2 fully saturated rings. The minimum atomic E-state index is -0.110. The topological polar surface area (TPSA) is 48.2 Å². The molecule has 0 N–H and O–H groups in total. The highest BCUT2D eigenvalue weighted by atomic mass is 16.5. The second-order valence-electron chi connectivity index (χ2n) is 7.95. The van der Waals surface area contributed by atoms with Crippen molar-refractivity contribution in [3.63, 3.8) is 0 Å². The lowest BCUT2D eigenvalue weighted by Gasteiger charge is -2.12. The minimum absolute atomic E-state index is 0.110. The van der Waals surface area contributed by atoms with Gasteiger partial charge in [-0.25, -0.2) is 0 Å². The summed E-state index contributed by atoms with van der Waals surface area (Å²) in [6.07, 6.45) is 5.15. The fourth-order valence-electron chi connectivity index (χ4n) is 2.66. The van der Waals surface area contributed by atoms with Gasteiger partial charge in [-0.05, 0) is 55.2 Å². The second kappa shape index (κ2) is 5.36. The van der Waals surface area contributed by atoms with Gasteiger partial charge in [0.25, 0.3) is 5.89 Å². The van der Waals surface area contributed by atoms with Gasteiger partial charge in [-0.2, -0.15) is 4.98 Å². The van der Waals surface area contributed by atoms with E-state index in [0.29, 0.717) is 11.8 Å². The van der Waals surface area contributed by atoms with Crippen LogP contribution in [0.2, 0.25) is 0 Å². The molecule has 1 aromatic carbocycles. The average Bonchev–Trinajstić information content (AvgIpc) is 3.43. The Morgan fingerprint density at radius 1 is 1.17 bits per heavy atom. The van der Waals surface area contributed by atoms with Crippen molar-refractivity contribution in [3.05, 3.63) is 29.6 Å². The molecule has 0 amide bonds. The zero-order valence-electron chi connectivity index (χ0n) is 14.1. The molecule has 0 bridgehead atoms. The molecular weight excluding hydrogens is 288 g/mol. The Bertz CT molecular complexity index is 706. The van der Waals surface area contributed by atoms with Crippen LogP contribution in [0, 0.1) is 5.92 Å². The predicted molar refractivity (Wildman–Crippen MR) is 88.6 cm³/mol. The molecule has 23 heavy (non-hydrogen) atoms. The van der Waals surface area contributed by atoms with Crippen LogP contribution in [0.3, 0.4) is 0 Å². The van der Waals surface area contributed by atoms with Gasteiger partial charge in [-0.15, -0.1) is 0 Å². The number of nitrogens with zero attached hydrogens (tertiary/aromatic N) is 2. The van der Waals surface area contributed by atoms with E-state index in [0.717, 1.165) is 29.7 Å². The summed E-state index contributed by atoms with van der Waals surface area (Å²) in [7, 11) is 0. The van der Waals surface area contributed by atoms with Crippen LogP contribution in [0.15, 0.2) is 22.7 Å². The summed E-state index contributed by atoms with van der Waals surface area (Å²) in [5, 5.41) is 4.12. The van der Waals surface area contributed by atoms with Crippen LogP contribution >= 0.6 is 0 Å². The van der Waals surface area contributed by atoms with Crippen molar-refractivity contribution < 1.29 is 9.26 Å². The van der Waals surface area contributed by atoms with Crippen molar-refractivity contribution in [1.82, 2.24) is 10.1 Å². The van der Waals surface area contributed by atoms with Crippen LogP contribution in [0.25, 0.3) is 11.5 Å².